The van der Waals surface area contributed by atoms with Crippen LogP contribution >= 0.6 is 0 Å². The van der Waals surface area contributed by atoms with Crippen molar-refractivity contribution in [2.24, 2.45) is 0 Å². The van der Waals surface area contributed by atoms with Gasteiger partial charge in [-0.3, -0.25) is 0 Å². The highest BCUT2D eigenvalue weighted by molar-refractivity contribution is 5.67. The van der Waals surface area contributed by atoms with E-state index < -0.39 is 5.60 Å². The minimum Gasteiger partial charge on any atom is -0.444 e. The summed E-state index contributed by atoms with van der Waals surface area (Å²) in [4.78, 5) is 14.0. The van der Waals surface area contributed by atoms with E-state index in [-0.39, 0.29) is 6.09 Å². The van der Waals surface area contributed by atoms with Crippen molar-refractivity contribution in [3.63, 3.8) is 0 Å². The Bertz CT molecular complexity index is 457. The van der Waals surface area contributed by atoms with Gasteiger partial charge in [0.15, 0.2) is 0 Å². The molecular formula is C17H26N2O2. The summed E-state index contributed by atoms with van der Waals surface area (Å²) in [6, 6.07) is 8.41. The Morgan fingerprint density at radius 1 is 1.14 bits per heavy atom. The highest BCUT2D eigenvalue weighted by Gasteiger charge is 2.15. The SMILES string of the molecule is CC(C)(C)OC(=O)NCc1ccc(N2CCCCC2)cc1. The molecule has 4 heteroatoms. The fourth-order valence-corrected chi connectivity index (χ4v) is 2.47. The predicted molar refractivity (Wildman–Crippen MR) is 85.6 cm³/mol. The first kappa shape index (κ1) is 15.7. The molecule has 0 radical (unpaired) electrons. The number of rotatable bonds is 3. The minimum absolute atomic E-state index is 0.373. The first-order chi connectivity index (χ1) is 9.94. The maximum Gasteiger partial charge on any atom is 0.407 e. The first-order valence-electron chi connectivity index (χ1n) is 7.75. The third kappa shape index (κ3) is 5.29. The van der Waals surface area contributed by atoms with Crippen molar-refractivity contribution in [3.05, 3.63) is 29.8 Å². The van der Waals surface area contributed by atoms with Crippen LogP contribution in [-0.2, 0) is 11.3 Å². The van der Waals surface area contributed by atoms with E-state index in [0.29, 0.717) is 6.54 Å². The maximum atomic E-state index is 11.6. The Hall–Kier alpha value is -1.71. The number of hydrogen-bond acceptors (Lipinski definition) is 3. The van der Waals surface area contributed by atoms with Gasteiger partial charge in [0.1, 0.15) is 5.60 Å². The Morgan fingerprint density at radius 3 is 2.33 bits per heavy atom. The van der Waals surface area contributed by atoms with E-state index >= 15 is 0 Å². The van der Waals surface area contributed by atoms with Crippen molar-refractivity contribution in [1.29, 1.82) is 0 Å². The summed E-state index contributed by atoms with van der Waals surface area (Å²) in [5.74, 6) is 0. The number of carbonyl (C=O) groups excluding carboxylic acids is 1. The van der Waals surface area contributed by atoms with Crippen molar-refractivity contribution in [1.82, 2.24) is 5.32 Å². The summed E-state index contributed by atoms with van der Waals surface area (Å²) in [5.41, 5.74) is 1.90. The standard InChI is InChI=1S/C17H26N2O2/c1-17(2,3)21-16(20)18-13-14-7-9-15(10-8-14)19-11-5-4-6-12-19/h7-10H,4-6,11-13H2,1-3H3,(H,18,20). The summed E-state index contributed by atoms with van der Waals surface area (Å²) in [5, 5.41) is 2.78. The van der Waals surface area contributed by atoms with Gasteiger partial charge < -0.3 is 15.0 Å². The lowest BCUT2D eigenvalue weighted by Crippen LogP contribution is -2.32. The fourth-order valence-electron chi connectivity index (χ4n) is 2.47. The molecule has 1 aromatic rings. The third-order valence-electron chi connectivity index (χ3n) is 3.49. The summed E-state index contributed by atoms with van der Waals surface area (Å²) in [6.45, 7) is 8.38. The van der Waals surface area contributed by atoms with Crippen molar-refractivity contribution in [3.8, 4) is 0 Å². The van der Waals surface area contributed by atoms with E-state index in [2.05, 4.69) is 34.5 Å². The van der Waals surface area contributed by atoms with Crippen LogP contribution in [0.3, 0.4) is 0 Å². The van der Waals surface area contributed by atoms with E-state index in [1.807, 2.05) is 20.8 Å². The van der Waals surface area contributed by atoms with Gasteiger partial charge in [-0.05, 0) is 57.7 Å². The topological polar surface area (TPSA) is 41.6 Å². The molecule has 21 heavy (non-hydrogen) atoms. The molecule has 1 heterocycles. The van der Waals surface area contributed by atoms with Crippen molar-refractivity contribution in [2.75, 3.05) is 18.0 Å². The molecule has 116 valence electrons. The monoisotopic (exact) mass is 290 g/mol. The molecule has 1 amide bonds. The number of hydrogen-bond donors (Lipinski definition) is 1. The number of piperidine rings is 1. The second-order valence-corrected chi connectivity index (χ2v) is 6.57. The van der Waals surface area contributed by atoms with E-state index in [9.17, 15) is 4.79 Å². The van der Waals surface area contributed by atoms with Gasteiger partial charge in [-0.25, -0.2) is 4.79 Å². The van der Waals surface area contributed by atoms with E-state index in [0.717, 1.165) is 18.7 Å². The van der Waals surface area contributed by atoms with E-state index in [4.69, 9.17) is 4.74 Å². The Morgan fingerprint density at radius 2 is 1.76 bits per heavy atom. The fraction of sp³-hybridized carbons (Fsp3) is 0.588. The normalized spacial score (nSPS) is 15.7. The highest BCUT2D eigenvalue weighted by Crippen LogP contribution is 2.20. The lowest BCUT2D eigenvalue weighted by atomic mass is 10.1. The average molecular weight is 290 g/mol. The molecule has 0 atom stereocenters. The molecule has 0 spiro atoms. The van der Waals surface area contributed by atoms with Crippen LogP contribution in [0.15, 0.2) is 24.3 Å². The van der Waals surface area contributed by atoms with Crippen molar-refractivity contribution < 1.29 is 9.53 Å². The van der Waals surface area contributed by atoms with Gasteiger partial charge in [-0.15, -0.1) is 0 Å². The maximum absolute atomic E-state index is 11.6. The summed E-state index contributed by atoms with van der Waals surface area (Å²) < 4.78 is 5.22. The molecule has 1 aromatic carbocycles. The van der Waals surface area contributed by atoms with Gasteiger partial charge in [-0.2, -0.15) is 0 Å². The van der Waals surface area contributed by atoms with Crippen LogP contribution in [0.2, 0.25) is 0 Å². The minimum atomic E-state index is -0.456. The van der Waals surface area contributed by atoms with E-state index in [1.165, 1.54) is 24.9 Å². The van der Waals surface area contributed by atoms with Crippen LogP contribution in [0, 0.1) is 0 Å². The highest BCUT2D eigenvalue weighted by atomic mass is 16.6. The molecule has 0 aromatic heterocycles. The molecule has 1 fully saturated rings. The quantitative estimate of drug-likeness (QED) is 0.923. The zero-order valence-corrected chi connectivity index (χ0v) is 13.3. The van der Waals surface area contributed by atoms with Crippen molar-refractivity contribution >= 4 is 11.8 Å². The largest absolute Gasteiger partial charge is 0.444 e. The molecule has 0 unspecified atom stereocenters. The zero-order valence-electron chi connectivity index (χ0n) is 13.3. The number of benzene rings is 1. The molecule has 0 aliphatic carbocycles. The lowest BCUT2D eigenvalue weighted by molar-refractivity contribution is 0.0523. The Labute approximate surface area is 127 Å². The van der Waals surface area contributed by atoms with Gasteiger partial charge in [0.05, 0.1) is 0 Å². The molecule has 1 aliphatic heterocycles. The number of nitrogens with zero attached hydrogens (tertiary/aromatic N) is 1. The second kappa shape index (κ2) is 6.83. The van der Waals surface area contributed by atoms with Gasteiger partial charge in [0.2, 0.25) is 0 Å². The lowest BCUT2D eigenvalue weighted by Gasteiger charge is -2.28. The van der Waals surface area contributed by atoms with Crippen LogP contribution in [-0.4, -0.2) is 24.8 Å². The van der Waals surface area contributed by atoms with Crippen LogP contribution in [0.4, 0.5) is 10.5 Å². The average Bonchev–Trinajstić information content (AvgIpc) is 2.45. The molecule has 2 rings (SSSR count). The molecule has 0 saturated carbocycles. The second-order valence-electron chi connectivity index (χ2n) is 6.57. The van der Waals surface area contributed by atoms with Gasteiger partial charge >= 0.3 is 6.09 Å². The van der Waals surface area contributed by atoms with E-state index in [1.54, 1.807) is 0 Å². The Balaban J connectivity index is 1.83. The van der Waals surface area contributed by atoms with Crippen molar-refractivity contribution in [2.45, 2.75) is 52.2 Å². The first-order valence-corrected chi connectivity index (χ1v) is 7.75. The summed E-state index contributed by atoms with van der Waals surface area (Å²) in [7, 11) is 0. The van der Waals surface area contributed by atoms with Gasteiger partial charge in [0.25, 0.3) is 0 Å². The van der Waals surface area contributed by atoms with Crippen LogP contribution in [0.1, 0.15) is 45.6 Å². The number of anilines is 1. The number of carbonyl (C=O) groups is 1. The molecule has 1 N–H and O–H groups in total. The number of amides is 1. The summed E-state index contributed by atoms with van der Waals surface area (Å²) in [6.07, 6.45) is 3.53. The zero-order chi connectivity index (χ0) is 15.3. The number of alkyl carbamates (subject to hydrolysis) is 1. The van der Waals surface area contributed by atoms with Crippen LogP contribution in [0.5, 0.6) is 0 Å². The van der Waals surface area contributed by atoms with Gasteiger partial charge in [-0.1, -0.05) is 12.1 Å². The molecular weight excluding hydrogens is 264 g/mol. The predicted octanol–water partition coefficient (Wildman–Crippen LogP) is 3.70. The molecule has 1 saturated heterocycles. The molecule has 1 aliphatic rings. The summed E-state index contributed by atoms with van der Waals surface area (Å²) >= 11 is 0. The smallest absolute Gasteiger partial charge is 0.407 e. The van der Waals surface area contributed by atoms with Gasteiger partial charge in [0, 0.05) is 25.3 Å². The van der Waals surface area contributed by atoms with Crippen LogP contribution in [0.25, 0.3) is 0 Å². The Kier molecular flexibility index (Phi) is 5.10. The third-order valence-corrected chi connectivity index (χ3v) is 3.49. The number of nitrogens with one attached hydrogen (secondary N) is 1. The molecule has 4 nitrogen and oxygen atoms in total. The molecule has 0 bridgehead atoms. The van der Waals surface area contributed by atoms with Crippen LogP contribution < -0.4 is 10.2 Å². The number of ether oxygens (including phenoxy) is 1.